The minimum atomic E-state index is -0.288. The summed E-state index contributed by atoms with van der Waals surface area (Å²) in [6.07, 6.45) is 7.29. The number of fused-ring (bicyclic) bond motifs is 1. The third-order valence-corrected chi connectivity index (χ3v) is 7.40. The zero-order valence-electron chi connectivity index (χ0n) is 21.1. The second-order valence-electron chi connectivity index (χ2n) is 9.57. The van der Waals surface area contributed by atoms with Gasteiger partial charge in [-0.3, -0.25) is 4.79 Å². The van der Waals surface area contributed by atoms with Crippen LogP contribution in [0.2, 0.25) is 0 Å². The van der Waals surface area contributed by atoms with E-state index in [9.17, 15) is 10.1 Å². The molecule has 2 aromatic carbocycles. The lowest BCUT2D eigenvalue weighted by Crippen LogP contribution is -2.44. The summed E-state index contributed by atoms with van der Waals surface area (Å²) < 4.78 is 0. The van der Waals surface area contributed by atoms with Crippen LogP contribution in [0.5, 0.6) is 0 Å². The van der Waals surface area contributed by atoms with Gasteiger partial charge >= 0.3 is 0 Å². The number of aryl methyl sites for hydroxylation is 3. The Hall–Kier alpha value is -2.97. The molecule has 0 bridgehead atoms. The lowest BCUT2D eigenvalue weighted by Gasteiger charge is -2.36. The molecule has 5 nitrogen and oxygen atoms in total. The maximum absolute atomic E-state index is 13.0. The molecule has 1 heterocycles. The van der Waals surface area contributed by atoms with Gasteiger partial charge in [0, 0.05) is 38.1 Å². The number of hydrogen-bond acceptors (Lipinski definition) is 4. The van der Waals surface area contributed by atoms with Crippen LogP contribution in [-0.2, 0) is 17.6 Å². The van der Waals surface area contributed by atoms with Gasteiger partial charge in [0.2, 0.25) is 0 Å². The Morgan fingerprint density at radius 3 is 2.49 bits per heavy atom. The molecule has 6 heteroatoms. The molecule has 35 heavy (non-hydrogen) atoms. The maximum Gasteiger partial charge on any atom is 0.263 e. The van der Waals surface area contributed by atoms with Crippen LogP contribution in [-0.4, -0.2) is 37.0 Å². The number of anilines is 1. The molecule has 2 aliphatic rings. The van der Waals surface area contributed by atoms with Crippen LogP contribution in [0.1, 0.15) is 60.0 Å². The van der Waals surface area contributed by atoms with Gasteiger partial charge in [0.05, 0.1) is 6.04 Å². The minimum Gasteiger partial charge on any atom is -0.373 e. The fourth-order valence-corrected chi connectivity index (χ4v) is 5.12. The molecule has 186 valence electrons. The predicted octanol–water partition coefficient (Wildman–Crippen LogP) is 5.40. The van der Waals surface area contributed by atoms with E-state index in [2.05, 4.69) is 78.4 Å². The highest BCUT2D eigenvalue weighted by Gasteiger charge is 2.21. The standard InChI is InChI=1S/C29H36N4O.ClH/c1-4-27(25-13-12-23-9-5-6-10-24(23)18-25)31-29(34)26(19-30)20-32-14-16-33(17-15-32)28-11-7-8-21(2)22(28)3;/h7-8,11-13,18,20,27H,4-6,9-10,14-17H2,1-3H3,(H,31,34);1H/b26-20-;. The van der Waals surface area contributed by atoms with Gasteiger partial charge < -0.3 is 15.1 Å². The summed E-state index contributed by atoms with van der Waals surface area (Å²) in [4.78, 5) is 17.5. The van der Waals surface area contributed by atoms with Gasteiger partial charge in [0.1, 0.15) is 11.6 Å². The third-order valence-electron chi connectivity index (χ3n) is 7.40. The summed E-state index contributed by atoms with van der Waals surface area (Å²) in [5.74, 6) is -0.288. The molecular formula is C29H37ClN4O. The Kier molecular flexibility index (Phi) is 9.23. The van der Waals surface area contributed by atoms with Crippen molar-refractivity contribution in [2.45, 2.75) is 58.9 Å². The van der Waals surface area contributed by atoms with E-state index in [-0.39, 0.29) is 29.9 Å². The van der Waals surface area contributed by atoms with Gasteiger partial charge in [-0.1, -0.05) is 37.3 Å². The normalized spacial score (nSPS) is 16.6. The summed E-state index contributed by atoms with van der Waals surface area (Å²) in [7, 11) is 0. The number of rotatable bonds is 6. The first-order valence-corrected chi connectivity index (χ1v) is 12.6. The highest BCUT2D eigenvalue weighted by atomic mass is 35.5. The fourth-order valence-electron chi connectivity index (χ4n) is 5.12. The van der Waals surface area contributed by atoms with Gasteiger partial charge in [0.25, 0.3) is 5.91 Å². The van der Waals surface area contributed by atoms with E-state index in [1.165, 1.54) is 40.8 Å². The molecule has 1 N–H and O–H groups in total. The average molecular weight is 493 g/mol. The highest BCUT2D eigenvalue weighted by molar-refractivity contribution is 5.97. The molecule has 0 aromatic heterocycles. The number of carbonyl (C=O) groups is 1. The van der Waals surface area contributed by atoms with Crippen LogP contribution in [0.3, 0.4) is 0 Å². The van der Waals surface area contributed by atoms with E-state index >= 15 is 0 Å². The molecule has 1 amide bonds. The first-order chi connectivity index (χ1) is 16.5. The quantitative estimate of drug-likeness (QED) is 0.433. The molecule has 1 atom stereocenters. The Morgan fingerprint density at radius 2 is 1.80 bits per heavy atom. The van der Waals surface area contributed by atoms with E-state index in [1.807, 2.05) is 0 Å². The topological polar surface area (TPSA) is 59.4 Å². The lowest BCUT2D eigenvalue weighted by molar-refractivity contribution is -0.117. The summed E-state index contributed by atoms with van der Waals surface area (Å²) in [6.45, 7) is 9.70. The van der Waals surface area contributed by atoms with Gasteiger partial charge in [0.15, 0.2) is 0 Å². The first-order valence-electron chi connectivity index (χ1n) is 12.6. The molecular weight excluding hydrogens is 456 g/mol. The van der Waals surface area contributed by atoms with Crippen molar-refractivity contribution in [1.29, 1.82) is 5.26 Å². The molecule has 1 saturated heterocycles. The van der Waals surface area contributed by atoms with Gasteiger partial charge in [-0.2, -0.15) is 5.26 Å². The molecule has 1 aliphatic carbocycles. The van der Waals surface area contributed by atoms with Crippen molar-refractivity contribution in [2.24, 2.45) is 0 Å². The zero-order valence-corrected chi connectivity index (χ0v) is 22.0. The monoisotopic (exact) mass is 492 g/mol. The zero-order chi connectivity index (χ0) is 24.1. The third kappa shape index (κ3) is 6.18. The minimum absolute atomic E-state index is 0. The van der Waals surface area contributed by atoms with Crippen molar-refractivity contribution in [1.82, 2.24) is 10.2 Å². The van der Waals surface area contributed by atoms with Crippen LogP contribution < -0.4 is 10.2 Å². The van der Waals surface area contributed by atoms with Crippen LogP contribution >= 0.6 is 12.4 Å². The fraction of sp³-hybridized carbons (Fsp3) is 0.448. The van der Waals surface area contributed by atoms with E-state index in [0.717, 1.165) is 51.0 Å². The van der Waals surface area contributed by atoms with Crippen LogP contribution in [0.15, 0.2) is 48.2 Å². The number of nitriles is 1. The summed E-state index contributed by atoms with van der Waals surface area (Å²) in [5, 5.41) is 12.8. The smallest absolute Gasteiger partial charge is 0.263 e. The SMILES string of the molecule is CCC(NC(=O)/C(C#N)=C\N1CCN(c2cccc(C)c2C)CC1)c1ccc2c(c1)CCCC2.Cl. The predicted molar refractivity (Wildman–Crippen MR) is 145 cm³/mol. The van der Waals surface area contributed by atoms with Crippen molar-refractivity contribution >= 4 is 24.0 Å². The van der Waals surface area contributed by atoms with Crippen molar-refractivity contribution in [3.63, 3.8) is 0 Å². The molecule has 1 fully saturated rings. The van der Waals surface area contributed by atoms with Crippen LogP contribution in [0.25, 0.3) is 0 Å². The van der Waals surface area contributed by atoms with Crippen molar-refractivity contribution in [2.75, 3.05) is 31.1 Å². The van der Waals surface area contributed by atoms with Gasteiger partial charge in [-0.05, 0) is 79.8 Å². The Labute approximate surface area is 216 Å². The van der Waals surface area contributed by atoms with E-state index in [1.54, 1.807) is 6.20 Å². The Balaban J connectivity index is 0.00000342. The summed E-state index contributed by atoms with van der Waals surface area (Å²) in [5.41, 5.74) is 8.05. The Bertz CT molecular complexity index is 1110. The van der Waals surface area contributed by atoms with Crippen molar-refractivity contribution in [3.8, 4) is 6.07 Å². The number of hydrogen-bond donors (Lipinski definition) is 1. The number of nitrogens with zero attached hydrogens (tertiary/aromatic N) is 3. The lowest BCUT2D eigenvalue weighted by atomic mass is 9.88. The first kappa shape index (κ1) is 26.6. The number of carbonyl (C=O) groups excluding carboxylic acids is 1. The van der Waals surface area contributed by atoms with Crippen molar-refractivity contribution in [3.05, 3.63) is 76.0 Å². The second-order valence-corrected chi connectivity index (χ2v) is 9.57. The van der Waals surface area contributed by atoms with Gasteiger partial charge in [-0.15, -0.1) is 12.4 Å². The molecule has 0 radical (unpaired) electrons. The molecule has 1 unspecified atom stereocenters. The number of halogens is 1. The maximum atomic E-state index is 13.0. The number of benzene rings is 2. The van der Waals surface area contributed by atoms with Crippen LogP contribution in [0, 0.1) is 25.2 Å². The molecule has 2 aromatic rings. The Morgan fingerprint density at radius 1 is 1.09 bits per heavy atom. The van der Waals surface area contributed by atoms with E-state index in [4.69, 9.17) is 0 Å². The second kappa shape index (κ2) is 12.1. The van der Waals surface area contributed by atoms with Crippen LogP contribution in [0.4, 0.5) is 5.69 Å². The summed E-state index contributed by atoms with van der Waals surface area (Å²) >= 11 is 0. The summed E-state index contributed by atoms with van der Waals surface area (Å²) in [6, 6.07) is 15.1. The van der Waals surface area contributed by atoms with E-state index in [0.29, 0.717) is 0 Å². The molecule has 4 rings (SSSR count). The largest absolute Gasteiger partial charge is 0.373 e. The number of piperazine rings is 1. The number of amides is 1. The van der Waals surface area contributed by atoms with Gasteiger partial charge in [-0.25, -0.2) is 0 Å². The molecule has 1 aliphatic heterocycles. The highest BCUT2D eigenvalue weighted by Crippen LogP contribution is 2.27. The van der Waals surface area contributed by atoms with Crippen molar-refractivity contribution < 1.29 is 4.79 Å². The van der Waals surface area contributed by atoms with E-state index < -0.39 is 0 Å². The molecule has 0 spiro atoms. The average Bonchev–Trinajstić information content (AvgIpc) is 2.87. The molecule has 0 saturated carbocycles. The number of nitrogens with one attached hydrogen (secondary N) is 1.